The molecule has 0 bridgehead atoms. The first-order valence-electron chi connectivity index (χ1n) is 15.1. The van der Waals surface area contributed by atoms with Crippen molar-refractivity contribution in [1.29, 1.82) is 0 Å². The summed E-state index contributed by atoms with van der Waals surface area (Å²) < 4.78 is 26.2. The maximum Gasteiger partial charge on any atom is 0.410 e. The minimum Gasteiger partial charge on any atom is -0.442 e. The molecule has 2 atom stereocenters. The first-order chi connectivity index (χ1) is 19.7. The van der Waals surface area contributed by atoms with Crippen LogP contribution in [0.1, 0.15) is 67.1 Å². The molecule has 3 aromatic rings. The summed E-state index contributed by atoms with van der Waals surface area (Å²) in [6.45, 7) is 12.5. The Kier molecular flexibility index (Phi) is 9.00. The molecule has 1 N–H and O–H groups in total. The Morgan fingerprint density at radius 2 is 1.95 bits per heavy atom. The summed E-state index contributed by atoms with van der Waals surface area (Å²) >= 11 is 0. The molecule has 0 spiro atoms. The lowest BCUT2D eigenvalue weighted by Crippen LogP contribution is -2.52. The molecule has 1 aromatic heterocycles. The summed E-state index contributed by atoms with van der Waals surface area (Å²) in [5.74, 6) is 1.03. The van der Waals surface area contributed by atoms with Gasteiger partial charge in [-0.15, -0.1) is 0 Å². The van der Waals surface area contributed by atoms with Crippen LogP contribution >= 0.6 is 0 Å². The molecule has 2 aliphatic rings. The van der Waals surface area contributed by atoms with Crippen LogP contribution in [0.25, 0.3) is 11.0 Å². The number of imidazole rings is 1. The molecule has 1 aliphatic carbocycles. The highest BCUT2D eigenvalue weighted by Crippen LogP contribution is 2.48. The Morgan fingerprint density at radius 3 is 2.68 bits per heavy atom. The van der Waals surface area contributed by atoms with Crippen molar-refractivity contribution < 1.29 is 18.7 Å². The van der Waals surface area contributed by atoms with E-state index in [9.17, 15) is 9.18 Å². The normalized spacial score (nSPS) is 21.1. The third-order valence-electron chi connectivity index (χ3n) is 9.03. The second kappa shape index (κ2) is 12.5. The molecule has 1 fully saturated rings. The van der Waals surface area contributed by atoms with Gasteiger partial charge < -0.3 is 24.3 Å². The van der Waals surface area contributed by atoms with Crippen LogP contribution < -0.4 is 0 Å². The fourth-order valence-electron chi connectivity index (χ4n) is 6.81. The van der Waals surface area contributed by atoms with Gasteiger partial charge in [0.05, 0.1) is 24.2 Å². The van der Waals surface area contributed by atoms with E-state index in [4.69, 9.17) is 14.5 Å². The van der Waals surface area contributed by atoms with E-state index in [0.717, 1.165) is 60.3 Å². The number of aryl methyl sites for hydroxylation is 4. The van der Waals surface area contributed by atoms with Gasteiger partial charge in [0.2, 0.25) is 0 Å². The summed E-state index contributed by atoms with van der Waals surface area (Å²) in [7, 11) is 2.14. The van der Waals surface area contributed by atoms with E-state index in [2.05, 4.69) is 56.8 Å². The number of hydrogen-bond donors (Lipinski definition) is 1. The van der Waals surface area contributed by atoms with E-state index in [1.165, 1.54) is 11.1 Å². The molecule has 5 rings (SSSR count). The van der Waals surface area contributed by atoms with Crippen LogP contribution in [-0.2, 0) is 22.3 Å². The third kappa shape index (κ3) is 6.44. The van der Waals surface area contributed by atoms with Crippen LogP contribution in [0.3, 0.4) is 0 Å². The van der Waals surface area contributed by atoms with Crippen LogP contribution in [0.4, 0.5) is 9.18 Å². The van der Waals surface area contributed by atoms with Crippen LogP contribution in [0.2, 0.25) is 0 Å². The molecular formula is C33H45FN4O3. The first kappa shape index (κ1) is 29.5. The molecule has 1 saturated heterocycles. The topological polar surface area (TPSA) is 70.7 Å². The number of benzene rings is 2. The van der Waals surface area contributed by atoms with E-state index in [1.54, 1.807) is 17.0 Å². The van der Waals surface area contributed by atoms with Gasteiger partial charge in [-0.25, -0.2) is 14.2 Å². The van der Waals surface area contributed by atoms with Crippen molar-refractivity contribution in [1.82, 2.24) is 19.8 Å². The van der Waals surface area contributed by atoms with E-state index < -0.39 is 5.60 Å². The largest absolute Gasteiger partial charge is 0.442 e. The highest BCUT2D eigenvalue weighted by atomic mass is 19.1. The van der Waals surface area contributed by atoms with Crippen molar-refractivity contribution in [2.24, 2.45) is 5.92 Å². The van der Waals surface area contributed by atoms with Gasteiger partial charge >= 0.3 is 6.09 Å². The molecule has 0 saturated carbocycles. The zero-order valence-electron chi connectivity index (χ0n) is 25.3. The van der Waals surface area contributed by atoms with Crippen LogP contribution in [0.5, 0.6) is 0 Å². The lowest BCUT2D eigenvalue weighted by molar-refractivity contribution is -0.0670. The third-order valence-corrected chi connectivity index (χ3v) is 9.03. The van der Waals surface area contributed by atoms with Crippen LogP contribution in [-0.4, -0.2) is 77.9 Å². The monoisotopic (exact) mass is 564 g/mol. The number of carbonyl (C=O) groups is 1. The number of fused-ring (bicyclic) bond motifs is 2. The Hall–Kier alpha value is -2.97. The van der Waals surface area contributed by atoms with Gasteiger partial charge in [-0.05, 0) is 87.0 Å². The number of nitrogens with one attached hydrogen (secondary N) is 1. The van der Waals surface area contributed by atoms with Crippen LogP contribution in [0.15, 0.2) is 30.3 Å². The number of nitrogens with zero attached hydrogens (tertiary/aromatic N) is 3. The van der Waals surface area contributed by atoms with Crippen molar-refractivity contribution in [3.8, 4) is 0 Å². The summed E-state index contributed by atoms with van der Waals surface area (Å²) in [5.41, 5.74) is 6.10. The second-order valence-electron chi connectivity index (χ2n) is 12.4. The van der Waals surface area contributed by atoms with E-state index >= 15 is 0 Å². The number of rotatable bonds is 9. The van der Waals surface area contributed by atoms with Gasteiger partial charge in [0, 0.05) is 38.4 Å². The number of morpholine rings is 1. The van der Waals surface area contributed by atoms with Gasteiger partial charge in [0.25, 0.3) is 0 Å². The van der Waals surface area contributed by atoms with Gasteiger partial charge in [-0.2, -0.15) is 0 Å². The standard InChI is InChI=1S/C33H45FN4O3/c1-22(2)29-27-11-10-26(34)21-25(27)12-13-33(29,41-32(39)38-17-19-40-20-18-38)14-16-37(5)15-6-7-28-35-30-23(3)8-9-24(4)31(30)36-28/h8-11,21-22,29H,6-7,12-20H2,1-5H3,(H,35,36)/t29-,33-/m0/s1. The Labute approximate surface area is 243 Å². The van der Waals surface area contributed by atoms with Crippen LogP contribution in [0, 0.1) is 25.6 Å². The Morgan fingerprint density at radius 1 is 1.20 bits per heavy atom. The van der Waals surface area contributed by atoms with Gasteiger partial charge in [0.15, 0.2) is 0 Å². The summed E-state index contributed by atoms with van der Waals surface area (Å²) in [6.07, 6.45) is 3.70. The van der Waals surface area contributed by atoms with Gasteiger partial charge in [0.1, 0.15) is 17.2 Å². The summed E-state index contributed by atoms with van der Waals surface area (Å²) in [4.78, 5) is 26.0. The lowest BCUT2D eigenvalue weighted by Gasteiger charge is -2.47. The second-order valence-corrected chi connectivity index (χ2v) is 12.4. The number of amides is 1. The zero-order valence-corrected chi connectivity index (χ0v) is 25.3. The van der Waals surface area contributed by atoms with Crippen molar-refractivity contribution in [2.45, 2.75) is 71.3 Å². The summed E-state index contributed by atoms with van der Waals surface area (Å²) in [6, 6.07) is 9.38. The van der Waals surface area contributed by atoms with Crippen molar-refractivity contribution >= 4 is 17.1 Å². The number of aromatic amines is 1. The van der Waals surface area contributed by atoms with Crippen molar-refractivity contribution in [3.05, 3.63) is 64.2 Å². The zero-order chi connectivity index (χ0) is 29.1. The quantitative estimate of drug-likeness (QED) is 0.337. The van der Waals surface area contributed by atoms with E-state index in [0.29, 0.717) is 39.1 Å². The number of aromatic nitrogens is 2. The number of hydrogen-bond acceptors (Lipinski definition) is 5. The van der Waals surface area contributed by atoms with E-state index in [-0.39, 0.29) is 23.7 Å². The maximum atomic E-state index is 14.1. The molecule has 1 aliphatic heterocycles. The number of carbonyl (C=O) groups excluding carboxylic acids is 1. The average Bonchev–Trinajstić information content (AvgIpc) is 3.40. The number of ether oxygens (including phenoxy) is 2. The Balaban J connectivity index is 1.29. The fraction of sp³-hybridized carbons (Fsp3) is 0.576. The highest BCUT2D eigenvalue weighted by molar-refractivity contribution is 5.81. The molecule has 8 heteroatoms. The van der Waals surface area contributed by atoms with Crippen molar-refractivity contribution in [3.63, 3.8) is 0 Å². The molecule has 0 unspecified atom stereocenters. The molecule has 0 radical (unpaired) electrons. The highest BCUT2D eigenvalue weighted by Gasteiger charge is 2.48. The molecule has 2 aromatic carbocycles. The predicted octanol–water partition coefficient (Wildman–Crippen LogP) is 6.17. The van der Waals surface area contributed by atoms with E-state index in [1.807, 2.05) is 6.07 Å². The average molecular weight is 565 g/mol. The van der Waals surface area contributed by atoms with Gasteiger partial charge in [-0.1, -0.05) is 32.0 Å². The SMILES string of the molecule is Cc1ccc(C)c2[nH]c(CCCN(C)CC[C@@]3(OC(=O)N4CCOCC4)CCc4cc(F)ccc4[C@@H]3C(C)C)nc12. The number of halogens is 1. The maximum absolute atomic E-state index is 14.1. The molecule has 222 valence electrons. The molecule has 2 heterocycles. The van der Waals surface area contributed by atoms with Gasteiger partial charge in [-0.3, -0.25) is 0 Å². The minimum atomic E-state index is -0.656. The Bertz CT molecular complexity index is 1330. The minimum absolute atomic E-state index is 0.00716. The smallest absolute Gasteiger partial charge is 0.410 e. The lowest BCUT2D eigenvalue weighted by atomic mass is 9.65. The molecule has 1 amide bonds. The summed E-state index contributed by atoms with van der Waals surface area (Å²) in [5, 5.41) is 0. The predicted molar refractivity (Wildman–Crippen MR) is 160 cm³/mol. The molecule has 41 heavy (non-hydrogen) atoms. The fourth-order valence-corrected chi connectivity index (χ4v) is 6.81. The molecular weight excluding hydrogens is 519 g/mol. The first-order valence-corrected chi connectivity index (χ1v) is 15.1. The number of H-pyrrole nitrogens is 1. The van der Waals surface area contributed by atoms with Crippen molar-refractivity contribution in [2.75, 3.05) is 46.4 Å². The molecule has 7 nitrogen and oxygen atoms in total.